The lowest BCUT2D eigenvalue weighted by molar-refractivity contribution is -0.161. The second-order valence-electron chi connectivity index (χ2n) is 13.4. The van der Waals surface area contributed by atoms with E-state index < -0.39 is 60.2 Å². The first-order chi connectivity index (χ1) is 24.8. The maximum Gasteiger partial charge on any atom is 0.313 e. The van der Waals surface area contributed by atoms with Crippen LogP contribution < -0.4 is 5.32 Å². The average molecular weight is 692 g/mol. The number of nitrogens with one attached hydrogen (secondary N) is 1. The highest BCUT2D eigenvalue weighted by Gasteiger charge is 2.75. The second-order valence-corrected chi connectivity index (χ2v) is 13.4. The van der Waals surface area contributed by atoms with E-state index in [2.05, 4.69) is 18.5 Å². The summed E-state index contributed by atoms with van der Waals surface area (Å²) in [5, 5.41) is 13.7. The largest absolute Gasteiger partial charge is 0.455 e. The Kier molecular flexibility index (Phi) is 11.1. The molecular formula is C41H45N3O7. The molecule has 2 bridgehead atoms. The maximum atomic E-state index is 14.9. The molecule has 3 fully saturated rings. The zero-order valence-corrected chi connectivity index (χ0v) is 28.6. The van der Waals surface area contributed by atoms with Crippen LogP contribution >= 0.6 is 0 Å². The van der Waals surface area contributed by atoms with E-state index in [-0.39, 0.29) is 37.9 Å². The Morgan fingerprint density at radius 2 is 1.63 bits per heavy atom. The van der Waals surface area contributed by atoms with Gasteiger partial charge in [-0.15, -0.1) is 13.2 Å². The second kappa shape index (κ2) is 15.9. The van der Waals surface area contributed by atoms with E-state index in [1.807, 2.05) is 91.0 Å². The number of esters is 1. The van der Waals surface area contributed by atoms with Gasteiger partial charge >= 0.3 is 5.97 Å². The highest BCUT2D eigenvalue weighted by molar-refractivity contribution is 5.98. The standard InChI is InChI=1S/C41H45N3O7/c1-3-5-21-34(46)42-25-33(30-19-13-8-14-20-30)50-40(49)35-32-22-23-41(51-32)36(35)38(47)44(31(27-45)29-17-11-7-12-18-29)37(41)39(48)43(24-4-2)26-28-15-9-6-10-16-28/h3-4,6-20,31-33,35-37,45H,1-2,5,21-27H2,(H,42,46)/t31-,32-,33-,35+,36+,37-,41+/m1/s1. The number of amides is 3. The number of benzene rings is 3. The SMILES string of the molecule is C=CCCC(=O)NC[C@@H](OC(=O)[C@@H]1[C@H]2C(=O)N([C@H](CO)c3ccccc3)[C@H](C(=O)N(CC=C)Cc3ccccc3)[C@]23CC[C@H]1O3)c1ccccc1. The van der Waals surface area contributed by atoms with Crippen LogP contribution in [0.3, 0.4) is 0 Å². The molecule has 0 radical (unpaired) electrons. The van der Waals surface area contributed by atoms with E-state index in [0.29, 0.717) is 30.4 Å². The van der Waals surface area contributed by atoms with E-state index in [9.17, 15) is 24.3 Å². The number of aliphatic hydroxyl groups excluding tert-OH is 1. The van der Waals surface area contributed by atoms with Crippen LogP contribution in [0.15, 0.2) is 116 Å². The molecule has 0 saturated carbocycles. The minimum absolute atomic E-state index is 0.0392. The van der Waals surface area contributed by atoms with Crippen molar-refractivity contribution in [3.63, 3.8) is 0 Å². The van der Waals surface area contributed by atoms with Crippen LogP contribution in [0.5, 0.6) is 0 Å². The van der Waals surface area contributed by atoms with Gasteiger partial charge in [0.1, 0.15) is 17.7 Å². The summed E-state index contributed by atoms with van der Waals surface area (Å²) in [7, 11) is 0. The number of hydrogen-bond donors (Lipinski definition) is 2. The van der Waals surface area contributed by atoms with E-state index in [1.165, 1.54) is 4.90 Å². The van der Waals surface area contributed by atoms with Gasteiger partial charge in [-0.05, 0) is 36.0 Å². The molecule has 7 atom stereocenters. The fraction of sp³-hybridized carbons (Fsp3) is 0.366. The number of likely N-dealkylation sites (tertiary alicyclic amines) is 1. The van der Waals surface area contributed by atoms with Crippen molar-refractivity contribution in [2.75, 3.05) is 19.7 Å². The summed E-state index contributed by atoms with van der Waals surface area (Å²) in [6, 6.07) is 25.8. The summed E-state index contributed by atoms with van der Waals surface area (Å²) in [5.41, 5.74) is 0.931. The summed E-state index contributed by atoms with van der Waals surface area (Å²) in [6.45, 7) is 7.64. The molecule has 0 unspecified atom stereocenters. The van der Waals surface area contributed by atoms with Crippen molar-refractivity contribution < 1.29 is 33.8 Å². The van der Waals surface area contributed by atoms with Crippen molar-refractivity contribution in [2.45, 2.75) is 62.1 Å². The van der Waals surface area contributed by atoms with Gasteiger partial charge in [-0.2, -0.15) is 0 Å². The van der Waals surface area contributed by atoms with E-state index >= 15 is 0 Å². The average Bonchev–Trinajstić information content (AvgIpc) is 3.81. The van der Waals surface area contributed by atoms with Crippen LogP contribution in [-0.4, -0.2) is 76.0 Å². The van der Waals surface area contributed by atoms with Gasteiger partial charge in [0.15, 0.2) is 0 Å². The number of fused-ring (bicyclic) bond motifs is 1. The Labute approximate surface area is 298 Å². The van der Waals surface area contributed by atoms with Gasteiger partial charge in [0.25, 0.3) is 0 Å². The number of aliphatic hydroxyl groups is 1. The van der Waals surface area contributed by atoms with E-state index in [1.54, 1.807) is 17.1 Å². The number of allylic oxidation sites excluding steroid dienone is 1. The molecule has 1 spiro atoms. The van der Waals surface area contributed by atoms with Gasteiger partial charge in [-0.25, -0.2) is 0 Å². The van der Waals surface area contributed by atoms with Gasteiger partial charge in [0.2, 0.25) is 17.7 Å². The van der Waals surface area contributed by atoms with Gasteiger partial charge in [-0.1, -0.05) is 103 Å². The van der Waals surface area contributed by atoms with Crippen molar-refractivity contribution in [3.05, 3.63) is 133 Å². The molecule has 3 aromatic carbocycles. The Bertz CT molecular complexity index is 1720. The summed E-state index contributed by atoms with van der Waals surface area (Å²) in [5.74, 6) is -3.62. The molecule has 2 N–H and O–H groups in total. The molecule has 3 aliphatic rings. The third-order valence-corrected chi connectivity index (χ3v) is 10.3. The molecule has 0 aromatic heterocycles. The molecule has 10 heteroatoms. The summed E-state index contributed by atoms with van der Waals surface area (Å²) >= 11 is 0. The summed E-state index contributed by atoms with van der Waals surface area (Å²) in [6.07, 6.45) is 3.43. The molecule has 3 amide bonds. The first-order valence-corrected chi connectivity index (χ1v) is 17.5. The first kappa shape index (κ1) is 35.8. The van der Waals surface area contributed by atoms with Crippen LogP contribution in [0.25, 0.3) is 0 Å². The highest BCUT2D eigenvalue weighted by Crippen LogP contribution is 2.60. The number of carbonyl (C=O) groups is 4. The van der Waals surface area contributed by atoms with Crippen molar-refractivity contribution in [2.24, 2.45) is 11.8 Å². The monoisotopic (exact) mass is 691 g/mol. The number of carbonyl (C=O) groups excluding carboxylic acids is 4. The highest BCUT2D eigenvalue weighted by atomic mass is 16.6. The zero-order chi connectivity index (χ0) is 36.0. The predicted octanol–water partition coefficient (Wildman–Crippen LogP) is 4.68. The summed E-state index contributed by atoms with van der Waals surface area (Å²) < 4.78 is 12.9. The molecule has 6 rings (SSSR count). The van der Waals surface area contributed by atoms with E-state index in [4.69, 9.17) is 9.47 Å². The van der Waals surface area contributed by atoms with Crippen molar-refractivity contribution in [3.8, 4) is 0 Å². The van der Waals surface area contributed by atoms with Crippen LogP contribution in [0.2, 0.25) is 0 Å². The fourth-order valence-electron chi connectivity index (χ4n) is 8.01. The minimum atomic E-state index is -1.32. The molecular weight excluding hydrogens is 646 g/mol. The zero-order valence-electron chi connectivity index (χ0n) is 28.6. The van der Waals surface area contributed by atoms with Crippen LogP contribution in [0.4, 0.5) is 0 Å². The third kappa shape index (κ3) is 7.11. The molecule has 3 aliphatic heterocycles. The van der Waals surface area contributed by atoms with Crippen LogP contribution in [-0.2, 0) is 35.2 Å². The van der Waals surface area contributed by atoms with Gasteiger partial charge < -0.3 is 29.7 Å². The minimum Gasteiger partial charge on any atom is -0.455 e. The smallest absolute Gasteiger partial charge is 0.313 e. The lowest BCUT2D eigenvalue weighted by atomic mass is 9.70. The normalized spacial score (nSPS) is 24.3. The lowest BCUT2D eigenvalue weighted by Crippen LogP contribution is -2.57. The van der Waals surface area contributed by atoms with E-state index in [0.717, 1.165) is 5.56 Å². The fourth-order valence-corrected chi connectivity index (χ4v) is 8.01. The Morgan fingerprint density at radius 3 is 2.25 bits per heavy atom. The topological polar surface area (TPSA) is 125 Å². The Balaban J connectivity index is 1.35. The number of nitrogens with zero attached hydrogens (tertiary/aromatic N) is 2. The molecule has 3 aromatic rings. The maximum absolute atomic E-state index is 14.9. The van der Waals surface area contributed by atoms with Gasteiger partial charge in [-0.3, -0.25) is 19.2 Å². The quantitative estimate of drug-likeness (QED) is 0.165. The summed E-state index contributed by atoms with van der Waals surface area (Å²) in [4.78, 5) is 59.7. The molecule has 3 heterocycles. The Morgan fingerprint density at radius 1 is 0.980 bits per heavy atom. The number of rotatable bonds is 16. The number of ether oxygens (including phenoxy) is 2. The van der Waals surface area contributed by atoms with Gasteiger partial charge in [0.05, 0.1) is 37.1 Å². The third-order valence-electron chi connectivity index (χ3n) is 10.3. The molecule has 0 aliphatic carbocycles. The number of hydrogen-bond acceptors (Lipinski definition) is 7. The van der Waals surface area contributed by atoms with Gasteiger partial charge in [0, 0.05) is 19.5 Å². The van der Waals surface area contributed by atoms with Crippen molar-refractivity contribution in [1.29, 1.82) is 0 Å². The van der Waals surface area contributed by atoms with Crippen LogP contribution in [0, 0.1) is 11.8 Å². The van der Waals surface area contributed by atoms with Crippen molar-refractivity contribution >= 4 is 23.7 Å². The first-order valence-electron chi connectivity index (χ1n) is 17.5. The lowest BCUT2D eigenvalue weighted by Gasteiger charge is -2.39. The van der Waals surface area contributed by atoms with Crippen molar-refractivity contribution in [1.82, 2.24) is 15.1 Å². The molecule has 10 nitrogen and oxygen atoms in total. The molecule has 3 saturated heterocycles. The van der Waals surface area contributed by atoms with Crippen LogP contribution in [0.1, 0.15) is 54.5 Å². The Hall–Kier alpha value is -5.06. The molecule has 51 heavy (non-hydrogen) atoms. The predicted molar refractivity (Wildman–Crippen MR) is 190 cm³/mol. The molecule has 266 valence electrons.